The van der Waals surface area contributed by atoms with Crippen molar-refractivity contribution in [1.82, 2.24) is 20.4 Å². The van der Waals surface area contributed by atoms with E-state index in [0.717, 1.165) is 17.0 Å². The number of aromatic nitrogens is 2. The summed E-state index contributed by atoms with van der Waals surface area (Å²) in [6.07, 6.45) is -4.36. The normalized spacial score (nSPS) is 18.0. The van der Waals surface area contributed by atoms with Crippen LogP contribution in [0.4, 0.5) is 17.6 Å². The van der Waals surface area contributed by atoms with Gasteiger partial charge in [0.05, 0.1) is 18.0 Å². The van der Waals surface area contributed by atoms with Crippen LogP contribution in [-0.2, 0) is 22.2 Å². The predicted octanol–water partition coefficient (Wildman–Crippen LogP) is 3.08. The number of nitrogens with two attached hydrogens (primary N) is 1. The van der Waals surface area contributed by atoms with Crippen LogP contribution < -0.4 is 11.1 Å². The summed E-state index contributed by atoms with van der Waals surface area (Å²) in [5, 5.41) is 10.1. The molecule has 0 fully saturated rings. The van der Waals surface area contributed by atoms with Crippen molar-refractivity contribution < 1.29 is 36.4 Å². The minimum atomic E-state index is -4.52. The second-order valence-corrected chi connectivity index (χ2v) is 9.74. The molecule has 1 aromatic heterocycles. The van der Waals surface area contributed by atoms with E-state index in [4.69, 9.17) is 10.2 Å². The van der Waals surface area contributed by atoms with Gasteiger partial charge in [-0.1, -0.05) is 44.2 Å². The van der Waals surface area contributed by atoms with E-state index in [2.05, 4.69) is 20.5 Å². The molecule has 2 heterocycles. The number of hydrogen-bond donors (Lipinski definition) is 2. The van der Waals surface area contributed by atoms with Crippen molar-refractivity contribution in [2.24, 2.45) is 16.6 Å². The summed E-state index contributed by atoms with van der Waals surface area (Å²) < 4.78 is 57.9. The SMILES string of the molecule is CC(C)C(NC(=O)CN1C(=O)C(N)C=NC1c1ccc(F)cc1)C(=O)c1nnc(Cc2cccc(C(F)(F)F)c2)o1. The lowest BCUT2D eigenvalue weighted by Crippen LogP contribution is -2.54. The molecule has 216 valence electrons. The Hall–Kier alpha value is -4.46. The van der Waals surface area contributed by atoms with Crippen LogP contribution in [-0.4, -0.2) is 57.5 Å². The lowest BCUT2D eigenvalue weighted by atomic mass is 9.99. The summed E-state index contributed by atoms with van der Waals surface area (Å²) >= 11 is 0. The van der Waals surface area contributed by atoms with Gasteiger partial charge in [0.15, 0.2) is 0 Å². The number of halogens is 4. The van der Waals surface area contributed by atoms with Crippen LogP contribution in [0.3, 0.4) is 0 Å². The number of ketones is 1. The number of alkyl halides is 3. The van der Waals surface area contributed by atoms with E-state index < -0.39 is 71.8 Å². The number of carbonyl (C=O) groups excluding carboxylic acids is 3. The van der Waals surface area contributed by atoms with Gasteiger partial charge < -0.3 is 20.4 Å². The van der Waals surface area contributed by atoms with Gasteiger partial charge in [-0.2, -0.15) is 13.2 Å². The molecule has 0 spiro atoms. The third-order valence-corrected chi connectivity index (χ3v) is 6.29. The maximum Gasteiger partial charge on any atom is 0.416 e. The highest BCUT2D eigenvalue weighted by Gasteiger charge is 2.35. The van der Waals surface area contributed by atoms with Gasteiger partial charge in [-0.25, -0.2) is 4.39 Å². The molecule has 0 bridgehead atoms. The zero-order valence-electron chi connectivity index (χ0n) is 21.9. The molecule has 3 aromatic rings. The number of hydrogen-bond acceptors (Lipinski definition) is 8. The molecular weight excluding hydrogens is 548 g/mol. The average molecular weight is 575 g/mol. The summed E-state index contributed by atoms with van der Waals surface area (Å²) in [6, 6.07) is 7.61. The van der Waals surface area contributed by atoms with Crippen molar-refractivity contribution in [3.8, 4) is 0 Å². The fourth-order valence-corrected chi connectivity index (χ4v) is 4.19. The first-order chi connectivity index (χ1) is 19.3. The zero-order chi connectivity index (χ0) is 29.9. The number of rotatable bonds is 9. The minimum absolute atomic E-state index is 0.0885. The minimum Gasteiger partial charge on any atom is -0.418 e. The van der Waals surface area contributed by atoms with E-state index in [0.29, 0.717) is 5.56 Å². The smallest absolute Gasteiger partial charge is 0.416 e. The van der Waals surface area contributed by atoms with Gasteiger partial charge in [-0.15, -0.1) is 10.2 Å². The van der Waals surface area contributed by atoms with Gasteiger partial charge >= 0.3 is 6.18 Å². The van der Waals surface area contributed by atoms with Gasteiger partial charge in [0.25, 0.3) is 5.89 Å². The Bertz CT molecular complexity index is 1450. The van der Waals surface area contributed by atoms with Gasteiger partial charge in [0.2, 0.25) is 23.5 Å². The van der Waals surface area contributed by atoms with Crippen molar-refractivity contribution in [1.29, 1.82) is 0 Å². The third kappa shape index (κ3) is 7.01. The van der Waals surface area contributed by atoms with E-state index >= 15 is 0 Å². The number of nitrogens with zero attached hydrogens (tertiary/aromatic N) is 4. The molecule has 2 amide bonds. The lowest BCUT2D eigenvalue weighted by Gasteiger charge is -2.34. The number of amides is 2. The summed E-state index contributed by atoms with van der Waals surface area (Å²) in [5.41, 5.74) is 5.66. The van der Waals surface area contributed by atoms with E-state index in [1.807, 2.05) is 0 Å². The molecule has 41 heavy (non-hydrogen) atoms. The molecular formula is C27H26F4N6O4. The van der Waals surface area contributed by atoms with E-state index in [1.165, 1.54) is 42.6 Å². The Morgan fingerprint density at radius 1 is 1.12 bits per heavy atom. The largest absolute Gasteiger partial charge is 0.418 e. The highest BCUT2D eigenvalue weighted by molar-refractivity contribution is 6.02. The third-order valence-electron chi connectivity index (χ3n) is 6.29. The molecule has 0 aliphatic carbocycles. The van der Waals surface area contributed by atoms with Crippen LogP contribution in [0.1, 0.15) is 53.3 Å². The van der Waals surface area contributed by atoms with Gasteiger partial charge in [-0.3, -0.25) is 19.4 Å². The van der Waals surface area contributed by atoms with Crippen molar-refractivity contribution >= 4 is 23.8 Å². The molecule has 0 saturated carbocycles. The van der Waals surface area contributed by atoms with Crippen LogP contribution in [0.25, 0.3) is 0 Å². The molecule has 3 N–H and O–H groups in total. The van der Waals surface area contributed by atoms with Crippen molar-refractivity contribution in [2.75, 3.05) is 6.54 Å². The van der Waals surface area contributed by atoms with Crippen LogP contribution in [0, 0.1) is 11.7 Å². The Balaban J connectivity index is 1.46. The zero-order valence-corrected chi connectivity index (χ0v) is 21.9. The van der Waals surface area contributed by atoms with Crippen LogP contribution in [0.2, 0.25) is 0 Å². The summed E-state index contributed by atoms with van der Waals surface area (Å²) in [5.74, 6) is -3.47. The van der Waals surface area contributed by atoms with Crippen LogP contribution >= 0.6 is 0 Å². The van der Waals surface area contributed by atoms with Crippen LogP contribution in [0.5, 0.6) is 0 Å². The standard InChI is InChI=1S/C27H26F4N6O4/c1-14(2)22(23(39)25-36-35-21(41-25)11-15-4-3-5-17(10-15)27(29,30)31)34-20(38)13-37-24(33-12-19(32)26(37)40)16-6-8-18(28)9-7-16/h3-10,12,14,19,22,24H,11,13,32H2,1-2H3,(H,34,38). The van der Waals surface area contributed by atoms with Crippen molar-refractivity contribution in [2.45, 2.75) is 44.7 Å². The maximum atomic E-state index is 13.4. The molecule has 14 heteroatoms. The second-order valence-electron chi connectivity index (χ2n) is 9.74. The van der Waals surface area contributed by atoms with E-state index in [9.17, 15) is 31.9 Å². The number of Topliss-reactive ketones (excluding diaryl/α,β-unsaturated/α-hetero) is 1. The summed E-state index contributed by atoms with van der Waals surface area (Å²) in [7, 11) is 0. The predicted molar refractivity (Wildman–Crippen MR) is 137 cm³/mol. The number of carbonyl (C=O) groups is 3. The van der Waals surface area contributed by atoms with E-state index in [1.54, 1.807) is 13.8 Å². The fraction of sp³-hybridized carbons (Fsp3) is 0.333. The first-order valence-corrected chi connectivity index (χ1v) is 12.5. The fourth-order valence-electron chi connectivity index (χ4n) is 4.19. The van der Waals surface area contributed by atoms with Gasteiger partial charge in [-0.05, 0) is 35.2 Å². The van der Waals surface area contributed by atoms with E-state index in [-0.39, 0.29) is 17.9 Å². The maximum absolute atomic E-state index is 13.4. The average Bonchev–Trinajstić information content (AvgIpc) is 3.38. The Morgan fingerprint density at radius 3 is 2.49 bits per heavy atom. The quantitative estimate of drug-likeness (QED) is 0.295. The van der Waals surface area contributed by atoms with Gasteiger partial charge in [0.1, 0.15) is 24.6 Å². The van der Waals surface area contributed by atoms with Crippen LogP contribution in [0.15, 0.2) is 57.9 Å². The molecule has 1 aliphatic heterocycles. The Morgan fingerprint density at radius 2 is 1.83 bits per heavy atom. The molecule has 3 unspecified atom stereocenters. The molecule has 4 rings (SSSR count). The number of benzene rings is 2. The number of nitrogens with one attached hydrogen (secondary N) is 1. The first kappa shape index (κ1) is 29.5. The van der Waals surface area contributed by atoms with Gasteiger partial charge in [0, 0.05) is 6.21 Å². The lowest BCUT2D eigenvalue weighted by molar-refractivity contribution is -0.139. The summed E-state index contributed by atoms with van der Waals surface area (Å²) in [4.78, 5) is 44.4. The molecule has 0 saturated heterocycles. The second kappa shape index (κ2) is 12.0. The molecule has 0 radical (unpaired) electrons. The molecule has 2 aromatic carbocycles. The van der Waals surface area contributed by atoms with Crippen molar-refractivity contribution in [3.63, 3.8) is 0 Å². The first-order valence-electron chi connectivity index (χ1n) is 12.5. The summed E-state index contributed by atoms with van der Waals surface area (Å²) in [6.45, 7) is 2.82. The van der Waals surface area contributed by atoms with Crippen molar-refractivity contribution in [3.05, 3.63) is 82.8 Å². The number of aliphatic imine (C=N–C) groups is 1. The topological polar surface area (TPSA) is 144 Å². The monoisotopic (exact) mass is 574 g/mol. The highest BCUT2D eigenvalue weighted by atomic mass is 19.4. The Labute approximate surface area is 231 Å². The highest BCUT2D eigenvalue weighted by Crippen LogP contribution is 2.30. The molecule has 10 nitrogen and oxygen atoms in total. The molecule has 1 aliphatic rings. The Kier molecular flexibility index (Phi) is 8.61. The molecule has 3 atom stereocenters.